The van der Waals surface area contributed by atoms with Crippen molar-refractivity contribution in [2.75, 3.05) is 48.4 Å². The van der Waals surface area contributed by atoms with Gasteiger partial charge in [-0.1, -0.05) is 13.0 Å². The summed E-state index contributed by atoms with van der Waals surface area (Å²) < 4.78 is 23.0. The first-order valence-corrected chi connectivity index (χ1v) is 9.24. The highest BCUT2D eigenvalue weighted by molar-refractivity contribution is 7.91. The van der Waals surface area contributed by atoms with Crippen LogP contribution < -0.4 is 15.5 Å². The molecule has 138 valence electrons. The molecule has 1 aromatic carbocycles. The highest BCUT2D eigenvalue weighted by Gasteiger charge is 2.22. The molecule has 1 heterocycles. The summed E-state index contributed by atoms with van der Waals surface area (Å²) in [5, 5.41) is 5.88. The van der Waals surface area contributed by atoms with Gasteiger partial charge in [-0.05, 0) is 25.2 Å². The van der Waals surface area contributed by atoms with Crippen molar-refractivity contribution < 1.29 is 13.2 Å². The Hall–Kier alpha value is -1.02. The summed E-state index contributed by atoms with van der Waals surface area (Å²) in [4.78, 5) is 14.1. The van der Waals surface area contributed by atoms with E-state index in [0.717, 1.165) is 11.4 Å². The molecule has 1 fully saturated rings. The summed E-state index contributed by atoms with van der Waals surface area (Å²) in [6.07, 6.45) is 0. The van der Waals surface area contributed by atoms with Crippen LogP contribution >= 0.6 is 24.8 Å². The van der Waals surface area contributed by atoms with E-state index in [9.17, 15) is 13.2 Å². The number of benzene rings is 1. The van der Waals surface area contributed by atoms with Gasteiger partial charge in [0.15, 0.2) is 9.84 Å². The lowest BCUT2D eigenvalue weighted by Crippen LogP contribution is -2.40. The fourth-order valence-electron chi connectivity index (χ4n) is 2.42. The first-order valence-electron chi connectivity index (χ1n) is 7.42. The largest absolute Gasteiger partial charge is 0.369 e. The molecule has 0 bridgehead atoms. The molecule has 2 N–H and O–H groups in total. The van der Waals surface area contributed by atoms with Crippen LogP contribution in [-0.2, 0) is 14.6 Å². The molecule has 0 radical (unpaired) electrons. The molecule has 0 aliphatic carbocycles. The van der Waals surface area contributed by atoms with Crippen molar-refractivity contribution in [3.63, 3.8) is 0 Å². The minimum atomic E-state index is -2.89. The molecule has 0 aromatic heterocycles. The zero-order valence-corrected chi connectivity index (χ0v) is 16.3. The number of carbonyl (C=O) groups excluding carboxylic acids is 1. The Labute approximate surface area is 156 Å². The lowest BCUT2D eigenvalue weighted by molar-refractivity contribution is -0.119. The Kier molecular flexibility index (Phi) is 9.65. The van der Waals surface area contributed by atoms with Gasteiger partial charge in [0.1, 0.15) is 0 Å². The van der Waals surface area contributed by atoms with Crippen molar-refractivity contribution in [3.8, 4) is 0 Å². The van der Waals surface area contributed by atoms with Gasteiger partial charge in [0, 0.05) is 36.9 Å². The normalized spacial score (nSPS) is 17.2. The molecule has 1 atom stereocenters. The molecule has 1 unspecified atom stereocenters. The summed E-state index contributed by atoms with van der Waals surface area (Å²) in [6, 6.07) is 7.54. The lowest BCUT2D eigenvalue weighted by atomic mass is 10.1. The van der Waals surface area contributed by atoms with Crippen LogP contribution in [0.3, 0.4) is 0 Å². The Bertz CT molecular complexity index is 627. The fraction of sp³-hybridized carbons (Fsp3) is 0.533. The first kappa shape index (κ1) is 23.0. The molecule has 1 saturated heterocycles. The maximum absolute atomic E-state index is 12.0. The van der Waals surface area contributed by atoms with Crippen LogP contribution in [0.15, 0.2) is 24.3 Å². The highest BCUT2D eigenvalue weighted by atomic mass is 35.5. The van der Waals surface area contributed by atoms with E-state index < -0.39 is 9.84 Å². The third-order valence-corrected chi connectivity index (χ3v) is 5.39. The van der Waals surface area contributed by atoms with E-state index in [1.165, 1.54) is 0 Å². The van der Waals surface area contributed by atoms with Gasteiger partial charge in [-0.3, -0.25) is 4.79 Å². The summed E-state index contributed by atoms with van der Waals surface area (Å²) in [7, 11) is -1.07. The molecule has 6 nitrogen and oxygen atoms in total. The van der Waals surface area contributed by atoms with E-state index in [2.05, 4.69) is 10.6 Å². The minimum absolute atomic E-state index is 0. The number of sulfone groups is 1. The molecular weight excluding hydrogens is 373 g/mol. The van der Waals surface area contributed by atoms with Crippen LogP contribution in [0, 0.1) is 5.92 Å². The standard InChI is InChI=1S/C15H23N3O3S.2ClH/c1-12(11-16-2)15(19)17-13-4-3-5-14(10-13)18-6-8-22(20,21)9-7-18;;/h3-5,10,12,16H,6-9,11H2,1-2H3,(H,17,19);2*1H. The summed E-state index contributed by atoms with van der Waals surface area (Å²) in [5.41, 5.74) is 1.67. The average Bonchev–Trinajstić information content (AvgIpc) is 2.47. The van der Waals surface area contributed by atoms with E-state index in [0.29, 0.717) is 19.6 Å². The fourth-order valence-corrected chi connectivity index (χ4v) is 3.62. The third-order valence-electron chi connectivity index (χ3n) is 3.78. The Morgan fingerprint density at radius 3 is 2.46 bits per heavy atom. The maximum atomic E-state index is 12.0. The van der Waals surface area contributed by atoms with Crippen LogP contribution in [0.5, 0.6) is 0 Å². The number of anilines is 2. The van der Waals surface area contributed by atoms with Crippen LogP contribution in [-0.4, -0.2) is 52.5 Å². The van der Waals surface area contributed by atoms with Crippen LogP contribution in [0.25, 0.3) is 0 Å². The highest BCUT2D eigenvalue weighted by Crippen LogP contribution is 2.21. The van der Waals surface area contributed by atoms with Gasteiger partial charge in [0.25, 0.3) is 0 Å². The van der Waals surface area contributed by atoms with Gasteiger partial charge >= 0.3 is 0 Å². The van der Waals surface area contributed by atoms with Crippen LogP contribution in [0.2, 0.25) is 0 Å². The number of amides is 1. The van der Waals surface area contributed by atoms with Gasteiger partial charge < -0.3 is 15.5 Å². The SMILES string of the molecule is CNCC(C)C(=O)Nc1cccc(N2CCS(=O)(=O)CC2)c1.Cl.Cl. The minimum Gasteiger partial charge on any atom is -0.369 e. The second kappa shape index (κ2) is 10.1. The van der Waals surface area contributed by atoms with E-state index >= 15 is 0 Å². The topological polar surface area (TPSA) is 78.5 Å². The van der Waals surface area contributed by atoms with Crippen LogP contribution in [0.4, 0.5) is 11.4 Å². The molecular formula is C15H25Cl2N3O3S. The molecule has 1 aromatic rings. The lowest BCUT2D eigenvalue weighted by Gasteiger charge is -2.29. The van der Waals surface area contributed by atoms with E-state index in [-0.39, 0.29) is 48.1 Å². The average molecular weight is 398 g/mol. The van der Waals surface area contributed by atoms with Crippen molar-refractivity contribution in [1.29, 1.82) is 0 Å². The second-order valence-electron chi connectivity index (χ2n) is 5.64. The van der Waals surface area contributed by atoms with Gasteiger partial charge in [-0.25, -0.2) is 8.42 Å². The van der Waals surface area contributed by atoms with Gasteiger partial charge in [0.05, 0.1) is 11.5 Å². The van der Waals surface area contributed by atoms with Gasteiger partial charge in [-0.15, -0.1) is 24.8 Å². The third kappa shape index (κ3) is 6.47. The summed E-state index contributed by atoms with van der Waals surface area (Å²) >= 11 is 0. The van der Waals surface area contributed by atoms with E-state index in [1.54, 1.807) is 0 Å². The summed E-state index contributed by atoms with van der Waals surface area (Å²) in [5.74, 6) is 0.215. The Morgan fingerprint density at radius 1 is 1.25 bits per heavy atom. The van der Waals surface area contributed by atoms with Crippen molar-refractivity contribution in [1.82, 2.24) is 5.32 Å². The number of rotatable bonds is 5. The van der Waals surface area contributed by atoms with E-state index in [4.69, 9.17) is 0 Å². The molecule has 1 amide bonds. The number of nitrogens with one attached hydrogen (secondary N) is 2. The molecule has 9 heteroatoms. The molecule has 0 saturated carbocycles. The van der Waals surface area contributed by atoms with Gasteiger partial charge in [-0.2, -0.15) is 0 Å². The number of hydrogen-bond donors (Lipinski definition) is 2. The number of carbonyl (C=O) groups is 1. The Morgan fingerprint density at radius 2 is 1.88 bits per heavy atom. The molecule has 1 aliphatic heterocycles. The predicted octanol–water partition coefficient (Wildman–Crippen LogP) is 1.56. The molecule has 2 rings (SSSR count). The molecule has 1 aliphatic rings. The predicted molar refractivity (Wildman–Crippen MR) is 104 cm³/mol. The first-order chi connectivity index (χ1) is 10.4. The second-order valence-corrected chi connectivity index (χ2v) is 7.94. The van der Waals surface area contributed by atoms with Crippen LogP contribution in [0.1, 0.15) is 6.92 Å². The smallest absolute Gasteiger partial charge is 0.228 e. The maximum Gasteiger partial charge on any atom is 0.228 e. The number of halogens is 2. The molecule has 24 heavy (non-hydrogen) atoms. The number of nitrogens with zero attached hydrogens (tertiary/aromatic N) is 1. The molecule has 0 spiro atoms. The zero-order valence-electron chi connectivity index (χ0n) is 13.8. The van der Waals surface area contributed by atoms with Crippen molar-refractivity contribution in [3.05, 3.63) is 24.3 Å². The van der Waals surface area contributed by atoms with Crippen molar-refractivity contribution >= 4 is 51.9 Å². The van der Waals surface area contributed by atoms with E-state index in [1.807, 2.05) is 43.1 Å². The quantitative estimate of drug-likeness (QED) is 0.787. The van der Waals surface area contributed by atoms with Crippen molar-refractivity contribution in [2.45, 2.75) is 6.92 Å². The summed E-state index contributed by atoms with van der Waals surface area (Å²) in [6.45, 7) is 3.48. The number of hydrogen-bond acceptors (Lipinski definition) is 5. The monoisotopic (exact) mass is 397 g/mol. The van der Waals surface area contributed by atoms with Gasteiger partial charge in [0.2, 0.25) is 5.91 Å². The Balaban J connectivity index is 0.00000264. The zero-order chi connectivity index (χ0) is 16.2. The van der Waals surface area contributed by atoms with Crippen molar-refractivity contribution in [2.24, 2.45) is 5.92 Å².